The first-order valence-electron chi connectivity index (χ1n) is 5.29. The van der Waals surface area contributed by atoms with Crippen molar-refractivity contribution in [3.8, 4) is 5.75 Å². The van der Waals surface area contributed by atoms with Crippen LogP contribution in [-0.2, 0) is 0 Å². The van der Waals surface area contributed by atoms with Crippen molar-refractivity contribution in [2.24, 2.45) is 0 Å². The average molecular weight is 213 g/mol. The Morgan fingerprint density at radius 1 is 0.875 bits per heavy atom. The smallest absolute Gasteiger partial charge is 0.121 e. The van der Waals surface area contributed by atoms with Crippen LogP contribution in [0.4, 0.5) is 11.4 Å². The number of hydrogen-bond acceptors (Lipinski definition) is 2. The Hall–Kier alpha value is -1.96. The topological polar surface area (TPSA) is 32.3 Å². The maximum atomic E-state index is 9.67. The van der Waals surface area contributed by atoms with E-state index in [9.17, 15) is 5.11 Å². The van der Waals surface area contributed by atoms with Gasteiger partial charge < -0.3 is 10.4 Å². The predicted octanol–water partition coefficient (Wildman–Crippen LogP) is 3.75. The molecule has 0 saturated heterocycles. The van der Waals surface area contributed by atoms with E-state index in [1.807, 2.05) is 56.3 Å². The molecule has 16 heavy (non-hydrogen) atoms. The second kappa shape index (κ2) is 4.27. The van der Waals surface area contributed by atoms with Crippen LogP contribution in [0.15, 0.2) is 42.5 Å². The van der Waals surface area contributed by atoms with E-state index in [0.29, 0.717) is 5.75 Å². The van der Waals surface area contributed by atoms with Gasteiger partial charge >= 0.3 is 0 Å². The monoisotopic (exact) mass is 213 g/mol. The number of aryl methyl sites for hydroxylation is 2. The molecule has 0 aliphatic carbocycles. The summed E-state index contributed by atoms with van der Waals surface area (Å²) in [6, 6.07) is 13.9. The number of phenolic OH excluding ortho intramolecular Hbond substituents is 1. The van der Waals surface area contributed by atoms with Crippen molar-refractivity contribution in [1.82, 2.24) is 0 Å². The van der Waals surface area contributed by atoms with Crippen LogP contribution in [0, 0.1) is 13.8 Å². The molecule has 2 N–H and O–H groups in total. The van der Waals surface area contributed by atoms with Gasteiger partial charge in [0.15, 0.2) is 0 Å². The van der Waals surface area contributed by atoms with Crippen LogP contribution in [0.2, 0.25) is 0 Å². The van der Waals surface area contributed by atoms with Crippen molar-refractivity contribution in [1.29, 1.82) is 0 Å². The minimum atomic E-state index is 0.374. The van der Waals surface area contributed by atoms with E-state index >= 15 is 0 Å². The summed E-state index contributed by atoms with van der Waals surface area (Å²) in [6.45, 7) is 3.80. The molecule has 82 valence electrons. The summed E-state index contributed by atoms with van der Waals surface area (Å²) in [5.41, 5.74) is 3.82. The lowest BCUT2D eigenvalue weighted by Crippen LogP contribution is -1.92. The third-order valence-corrected chi connectivity index (χ3v) is 2.55. The number of nitrogens with one attached hydrogen (secondary N) is 1. The minimum absolute atomic E-state index is 0.374. The van der Waals surface area contributed by atoms with Crippen LogP contribution in [0.25, 0.3) is 0 Å². The molecule has 0 fully saturated rings. The van der Waals surface area contributed by atoms with Gasteiger partial charge in [0.25, 0.3) is 0 Å². The summed E-state index contributed by atoms with van der Waals surface area (Å²) in [7, 11) is 0. The standard InChI is InChI=1S/C14H15NO/c1-10-8-13(9-11(2)14(10)16)15-12-6-4-3-5-7-12/h3-9,15-16H,1-2H3. The fourth-order valence-electron chi connectivity index (χ4n) is 1.72. The zero-order valence-electron chi connectivity index (χ0n) is 9.49. The highest BCUT2D eigenvalue weighted by atomic mass is 16.3. The van der Waals surface area contributed by atoms with Crippen LogP contribution in [0.5, 0.6) is 5.75 Å². The highest BCUT2D eigenvalue weighted by molar-refractivity contribution is 5.63. The predicted molar refractivity (Wildman–Crippen MR) is 67.3 cm³/mol. The zero-order chi connectivity index (χ0) is 11.5. The van der Waals surface area contributed by atoms with Crippen LogP contribution < -0.4 is 5.32 Å². The molecule has 0 spiro atoms. The van der Waals surface area contributed by atoms with Crippen LogP contribution in [0.3, 0.4) is 0 Å². The summed E-state index contributed by atoms with van der Waals surface area (Å²) >= 11 is 0. The lowest BCUT2D eigenvalue weighted by Gasteiger charge is -2.10. The van der Waals surface area contributed by atoms with Crippen molar-refractivity contribution in [2.45, 2.75) is 13.8 Å². The molecule has 0 saturated carbocycles. The van der Waals surface area contributed by atoms with Gasteiger partial charge in [0.05, 0.1) is 0 Å². The average Bonchev–Trinajstić information content (AvgIpc) is 2.27. The molecule has 0 radical (unpaired) electrons. The molecule has 0 atom stereocenters. The number of rotatable bonds is 2. The molecule has 0 bridgehead atoms. The van der Waals surface area contributed by atoms with Gasteiger partial charge in [-0.25, -0.2) is 0 Å². The van der Waals surface area contributed by atoms with E-state index in [4.69, 9.17) is 0 Å². The van der Waals surface area contributed by atoms with Gasteiger partial charge in [-0.3, -0.25) is 0 Å². The maximum absolute atomic E-state index is 9.67. The number of para-hydroxylation sites is 1. The molecule has 0 aliphatic heterocycles. The number of aromatic hydroxyl groups is 1. The summed E-state index contributed by atoms with van der Waals surface area (Å²) in [5, 5.41) is 13.0. The van der Waals surface area contributed by atoms with Crippen LogP contribution >= 0.6 is 0 Å². The highest BCUT2D eigenvalue weighted by Gasteiger charge is 2.03. The van der Waals surface area contributed by atoms with Crippen LogP contribution in [0.1, 0.15) is 11.1 Å². The summed E-state index contributed by atoms with van der Waals surface area (Å²) in [4.78, 5) is 0. The SMILES string of the molecule is Cc1cc(Nc2ccccc2)cc(C)c1O. The maximum Gasteiger partial charge on any atom is 0.121 e. The van der Waals surface area contributed by atoms with Crippen molar-refractivity contribution < 1.29 is 5.11 Å². The largest absolute Gasteiger partial charge is 0.507 e. The van der Waals surface area contributed by atoms with E-state index in [1.165, 1.54) is 0 Å². The van der Waals surface area contributed by atoms with Crippen molar-refractivity contribution in [3.05, 3.63) is 53.6 Å². The molecule has 2 rings (SSSR count). The molecule has 2 nitrogen and oxygen atoms in total. The number of phenols is 1. The van der Waals surface area contributed by atoms with Gasteiger partial charge in [0.2, 0.25) is 0 Å². The van der Waals surface area contributed by atoms with Gasteiger partial charge in [-0.05, 0) is 49.2 Å². The first-order chi connectivity index (χ1) is 7.66. The molecule has 2 aromatic rings. The minimum Gasteiger partial charge on any atom is -0.507 e. The van der Waals surface area contributed by atoms with Gasteiger partial charge in [-0.2, -0.15) is 0 Å². The number of benzene rings is 2. The Kier molecular flexibility index (Phi) is 2.82. The normalized spacial score (nSPS) is 10.1. The Morgan fingerprint density at radius 2 is 1.44 bits per heavy atom. The molecular formula is C14H15NO. The van der Waals surface area contributed by atoms with Crippen molar-refractivity contribution in [3.63, 3.8) is 0 Å². The zero-order valence-corrected chi connectivity index (χ0v) is 9.49. The lowest BCUT2D eigenvalue weighted by molar-refractivity contribution is 0.467. The fourth-order valence-corrected chi connectivity index (χ4v) is 1.72. The van der Waals surface area contributed by atoms with E-state index in [-0.39, 0.29) is 0 Å². The third kappa shape index (κ3) is 2.16. The van der Waals surface area contributed by atoms with Gasteiger partial charge in [0.1, 0.15) is 5.75 Å². The van der Waals surface area contributed by atoms with E-state index in [2.05, 4.69) is 5.32 Å². The molecule has 2 heteroatoms. The summed E-state index contributed by atoms with van der Waals surface area (Å²) in [5.74, 6) is 0.374. The molecular weight excluding hydrogens is 198 g/mol. The van der Waals surface area contributed by atoms with Gasteiger partial charge in [-0.1, -0.05) is 18.2 Å². The number of anilines is 2. The van der Waals surface area contributed by atoms with Crippen molar-refractivity contribution >= 4 is 11.4 Å². The second-order valence-corrected chi connectivity index (χ2v) is 3.95. The molecule has 0 heterocycles. The molecule has 0 aliphatic rings. The summed E-state index contributed by atoms with van der Waals surface area (Å²) < 4.78 is 0. The van der Waals surface area contributed by atoms with E-state index in [1.54, 1.807) is 0 Å². The van der Waals surface area contributed by atoms with E-state index < -0.39 is 0 Å². The Morgan fingerprint density at radius 3 is 2.00 bits per heavy atom. The Labute approximate surface area is 95.6 Å². The van der Waals surface area contributed by atoms with Crippen molar-refractivity contribution in [2.75, 3.05) is 5.32 Å². The first kappa shape index (κ1) is 10.6. The fraction of sp³-hybridized carbons (Fsp3) is 0.143. The highest BCUT2D eigenvalue weighted by Crippen LogP contribution is 2.27. The Bertz CT molecular complexity index is 468. The quantitative estimate of drug-likeness (QED) is 0.744. The van der Waals surface area contributed by atoms with Crippen LogP contribution in [-0.4, -0.2) is 5.11 Å². The Balaban J connectivity index is 2.29. The van der Waals surface area contributed by atoms with Gasteiger partial charge in [0, 0.05) is 11.4 Å². The second-order valence-electron chi connectivity index (χ2n) is 3.95. The molecule has 0 aromatic heterocycles. The number of hydrogen-bond donors (Lipinski definition) is 2. The van der Waals surface area contributed by atoms with Gasteiger partial charge in [-0.15, -0.1) is 0 Å². The first-order valence-corrected chi connectivity index (χ1v) is 5.29. The molecule has 2 aromatic carbocycles. The summed E-state index contributed by atoms with van der Waals surface area (Å²) in [6.07, 6.45) is 0. The molecule has 0 amide bonds. The lowest BCUT2D eigenvalue weighted by atomic mass is 10.1. The van der Waals surface area contributed by atoms with E-state index in [0.717, 1.165) is 22.5 Å². The molecule has 0 unspecified atom stereocenters. The third-order valence-electron chi connectivity index (χ3n) is 2.55.